The Balaban J connectivity index is 1.09. The number of ether oxygens (including phenoxy) is 1. The van der Waals surface area contributed by atoms with E-state index in [1.54, 1.807) is 18.2 Å². The van der Waals surface area contributed by atoms with Crippen LogP contribution in [-0.4, -0.2) is 57.4 Å². The molecule has 2 aliphatic rings. The summed E-state index contributed by atoms with van der Waals surface area (Å²) in [7, 11) is -4.06. The van der Waals surface area contributed by atoms with Gasteiger partial charge in [0.2, 0.25) is 5.91 Å². The Hall–Kier alpha value is -3.67. The third-order valence-electron chi connectivity index (χ3n) is 8.35. The molecule has 5 rings (SSSR count). The van der Waals surface area contributed by atoms with E-state index in [1.807, 2.05) is 0 Å². The zero-order valence-corrected chi connectivity index (χ0v) is 26.5. The summed E-state index contributed by atoms with van der Waals surface area (Å²) in [5.74, 6) is -0.224. The molecule has 0 bridgehead atoms. The van der Waals surface area contributed by atoms with Crippen molar-refractivity contribution in [1.29, 1.82) is 0 Å². The lowest BCUT2D eigenvalue weighted by Crippen LogP contribution is -2.43. The number of hydrogen-bond acceptors (Lipinski definition) is 6. The number of rotatable bonds is 12. The molecule has 1 aliphatic heterocycles. The van der Waals surface area contributed by atoms with Gasteiger partial charge in [-0.25, -0.2) is 12.8 Å². The summed E-state index contributed by atoms with van der Waals surface area (Å²) < 4.78 is 47.9. The first-order chi connectivity index (χ1) is 21.7. The van der Waals surface area contributed by atoms with Gasteiger partial charge >= 0.3 is 0 Å². The zero-order valence-electron chi connectivity index (χ0n) is 24.9. The van der Waals surface area contributed by atoms with E-state index in [9.17, 15) is 22.4 Å². The highest BCUT2D eigenvalue weighted by molar-refractivity contribution is 7.92. The lowest BCUT2D eigenvalue weighted by atomic mass is 9.84. The molecule has 3 aromatic carbocycles. The first-order valence-electron chi connectivity index (χ1n) is 15.3. The Morgan fingerprint density at radius 1 is 0.933 bits per heavy atom. The van der Waals surface area contributed by atoms with Crippen molar-refractivity contribution in [1.82, 2.24) is 15.5 Å². The topological polar surface area (TPSA) is 117 Å². The molecule has 1 saturated carbocycles. The average molecular weight is 657 g/mol. The smallest absolute Gasteiger partial charge is 0.262 e. The molecule has 0 unspecified atom stereocenters. The summed E-state index contributed by atoms with van der Waals surface area (Å²) in [6.07, 6.45) is 7.96. The van der Waals surface area contributed by atoms with Gasteiger partial charge in [-0.05, 0) is 125 Å². The predicted molar refractivity (Wildman–Crippen MR) is 172 cm³/mol. The number of para-hydroxylation sites is 2. The molecule has 1 heterocycles. The lowest BCUT2D eigenvalue weighted by Gasteiger charge is -2.30. The highest BCUT2D eigenvalue weighted by Crippen LogP contribution is 2.35. The fraction of sp³-hybridized carbons (Fsp3) is 0.394. The van der Waals surface area contributed by atoms with Crippen LogP contribution in [0, 0.1) is 11.7 Å². The van der Waals surface area contributed by atoms with Crippen LogP contribution in [0.25, 0.3) is 0 Å². The van der Waals surface area contributed by atoms with Gasteiger partial charge in [-0.2, -0.15) is 0 Å². The second kappa shape index (κ2) is 15.1. The predicted octanol–water partition coefficient (Wildman–Crippen LogP) is 5.96. The number of benzene rings is 3. The highest BCUT2D eigenvalue weighted by Gasteiger charge is 2.24. The van der Waals surface area contributed by atoms with Crippen LogP contribution >= 0.6 is 11.6 Å². The summed E-state index contributed by atoms with van der Waals surface area (Å²) in [4.78, 5) is 27.6. The SMILES string of the molecule is O=C(CNC(=O)c1ccc(S(=O)(=O)Nc2ccccc2Oc2ccc(F)cc2Cl)cc1)NC1CCC(CCN2CCCC2)CC1. The van der Waals surface area contributed by atoms with E-state index in [-0.39, 0.29) is 51.2 Å². The van der Waals surface area contributed by atoms with Crippen molar-refractivity contribution in [2.45, 2.75) is 55.9 Å². The Morgan fingerprint density at radius 3 is 2.36 bits per heavy atom. The monoisotopic (exact) mass is 656 g/mol. The highest BCUT2D eigenvalue weighted by atomic mass is 35.5. The standard InChI is InChI=1S/C33H38ClFN4O5S/c34-28-21-25(35)11-16-30(28)44-31-6-2-1-5-29(31)38-45(42,43)27-14-9-24(10-15-27)33(41)36-22-32(40)37-26-12-7-23(8-13-26)17-20-39-18-3-4-19-39/h1-2,5-6,9-11,14-16,21,23,26,38H,3-4,7-8,12-13,17-20,22H2,(H,36,41)(H,37,40). The maximum Gasteiger partial charge on any atom is 0.262 e. The van der Waals surface area contributed by atoms with Crippen LogP contribution in [0.4, 0.5) is 10.1 Å². The number of amides is 2. The summed E-state index contributed by atoms with van der Waals surface area (Å²) in [6, 6.07) is 15.5. The molecule has 0 aromatic heterocycles. The third kappa shape index (κ3) is 9.18. The Morgan fingerprint density at radius 2 is 1.64 bits per heavy atom. The minimum atomic E-state index is -4.06. The van der Waals surface area contributed by atoms with Gasteiger partial charge in [-0.1, -0.05) is 23.7 Å². The molecule has 45 heavy (non-hydrogen) atoms. The van der Waals surface area contributed by atoms with Crippen LogP contribution in [0.1, 0.15) is 55.3 Å². The second-order valence-electron chi connectivity index (χ2n) is 11.6. The van der Waals surface area contributed by atoms with Gasteiger partial charge in [0, 0.05) is 11.6 Å². The van der Waals surface area contributed by atoms with Crippen LogP contribution in [0.5, 0.6) is 11.5 Å². The fourth-order valence-corrected chi connectivity index (χ4v) is 7.09. The van der Waals surface area contributed by atoms with Crippen LogP contribution in [0.15, 0.2) is 71.6 Å². The van der Waals surface area contributed by atoms with Gasteiger partial charge in [0.15, 0.2) is 5.75 Å². The molecule has 9 nitrogen and oxygen atoms in total. The second-order valence-corrected chi connectivity index (χ2v) is 13.7. The number of likely N-dealkylation sites (tertiary alicyclic amines) is 1. The molecule has 3 N–H and O–H groups in total. The van der Waals surface area contributed by atoms with Crippen molar-refractivity contribution in [3.05, 3.63) is 83.1 Å². The third-order valence-corrected chi connectivity index (χ3v) is 10.0. The maximum absolute atomic E-state index is 13.4. The molecular weight excluding hydrogens is 619 g/mol. The van der Waals surface area contributed by atoms with Crippen molar-refractivity contribution in [3.8, 4) is 11.5 Å². The molecule has 2 fully saturated rings. The van der Waals surface area contributed by atoms with Crippen molar-refractivity contribution in [2.24, 2.45) is 5.92 Å². The van der Waals surface area contributed by atoms with E-state index >= 15 is 0 Å². The van der Waals surface area contributed by atoms with E-state index in [2.05, 4.69) is 20.3 Å². The van der Waals surface area contributed by atoms with E-state index in [4.69, 9.17) is 16.3 Å². The number of halogens is 2. The largest absolute Gasteiger partial charge is 0.454 e. The van der Waals surface area contributed by atoms with E-state index in [0.29, 0.717) is 5.92 Å². The Labute approximate surface area is 268 Å². The van der Waals surface area contributed by atoms with Gasteiger partial charge in [0.1, 0.15) is 11.6 Å². The number of hydrogen-bond donors (Lipinski definition) is 3. The van der Waals surface area contributed by atoms with Gasteiger partial charge in [0.25, 0.3) is 15.9 Å². The molecule has 1 aliphatic carbocycles. The minimum absolute atomic E-state index is 0.0322. The molecule has 240 valence electrons. The van der Waals surface area contributed by atoms with Crippen LogP contribution in [0.3, 0.4) is 0 Å². The number of carbonyl (C=O) groups is 2. The molecule has 12 heteroatoms. The summed E-state index contributed by atoms with van der Waals surface area (Å²) in [6.45, 7) is 3.46. The normalized spacial score (nSPS) is 18.7. The van der Waals surface area contributed by atoms with Crippen molar-refractivity contribution < 1.29 is 27.1 Å². The van der Waals surface area contributed by atoms with Crippen LogP contribution < -0.4 is 20.1 Å². The summed E-state index contributed by atoms with van der Waals surface area (Å²) >= 11 is 6.06. The molecule has 0 radical (unpaired) electrons. The van der Waals surface area contributed by atoms with E-state index < -0.39 is 21.7 Å². The number of carbonyl (C=O) groups excluding carboxylic acids is 2. The molecule has 1 saturated heterocycles. The first kappa shape index (κ1) is 32.7. The van der Waals surface area contributed by atoms with Gasteiger partial charge < -0.3 is 20.3 Å². The first-order valence-corrected chi connectivity index (χ1v) is 17.2. The molecule has 0 atom stereocenters. The van der Waals surface area contributed by atoms with Crippen LogP contribution in [0.2, 0.25) is 5.02 Å². The molecule has 2 amide bonds. The number of nitrogens with zero attached hydrogens (tertiary/aromatic N) is 1. The molecule has 3 aromatic rings. The Bertz CT molecular complexity index is 1590. The summed E-state index contributed by atoms with van der Waals surface area (Å²) in [5.41, 5.74) is 0.358. The zero-order chi connectivity index (χ0) is 31.8. The number of nitrogens with one attached hydrogen (secondary N) is 3. The maximum atomic E-state index is 13.4. The Kier molecular flexibility index (Phi) is 11.0. The van der Waals surface area contributed by atoms with E-state index in [0.717, 1.165) is 31.7 Å². The lowest BCUT2D eigenvalue weighted by molar-refractivity contribution is -0.121. The minimum Gasteiger partial charge on any atom is -0.454 e. The quantitative estimate of drug-likeness (QED) is 0.221. The van der Waals surface area contributed by atoms with Gasteiger partial charge in [-0.3, -0.25) is 14.3 Å². The van der Waals surface area contributed by atoms with Gasteiger partial charge in [-0.15, -0.1) is 0 Å². The van der Waals surface area contributed by atoms with Crippen LogP contribution in [-0.2, 0) is 14.8 Å². The summed E-state index contributed by atoms with van der Waals surface area (Å²) in [5, 5.41) is 5.68. The molecular formula is C33H38ClFN4O5S. The fourth-order valence-electron chi connectivity index (χ4n) is 5.81. The van der Waals surface area contributed by atoms with E-state index in [1.165, 1.54) is 81.4 Å². The average Bonchev–Trinajstić information content (AvgIpc) is 3.56. The van der Waals surface area contributed by atoms with Crippen molar-refractivity contribution in [3.63, 3.8) is 0 Å². The van der Waals surface area contributed by atoms with Crippen molar-refractivity contribution in [2.75, 3.05) is 30.9 Å². The van der Waals surface area contributed by atoms with Crippen molar-refractivity contribution >= 4 is 39.1 Å². The molecule has 0 spiro atoms. The van der Waals surface area contributed by atoms with Gasteiger partial charge in [0.05, 0.1) is 22.2 Å². The number of anilines is 1. The number of sulfonamides is 1.